The van der Waals surface area contributed by atoms with Gasteiger partial charge in [-0.1, -0.05) is 0 Å². The van der Waals surface area contributed by atoms with Crippen LogP contribution in [0.1, 0.15) is 36.3 Å². The fourth-order valence-electron chi connectivity index (χ4n) is 2.40. The maximum atomic E-state index is 12.7. The van der Waals surface area contributed by atoms with Crippen LogP contribution in [0, 0.1) is 13.8 Å². The minimum atomic E-state index is -2.68. The van der Waals surface area contributed by atoms with Crippen LogP contribution in [0.2, 0.25) is 0 Å². The van der Waals surface area contributed by atoms with E-state index < -0.39 is 6.55 Å². The molecule has 112 valence electrons. The molecule has 1 atom stereocenters. The highest BCUT2D eigenvalue weighted by atomic mass is 19.3. The minimum Gasteiger partial charge on any atom is -0.376 e. The highest BCUT2D eigenvalue weighted by Crippen LogP contribution is 2.19. The second kappa shape index (κ2) is 6.30. The van der Waals surface area contributed by atoms with E-state index in [4.69, 9.17) is 4.74 Å². The minimum absolute atomic E-state index is 0.0666. The van der Waals surface area contributed by atoms with Crippen molar-refractivity contribution in [2.75, 3.05) is 13.2 Å². The third kappa shape index (κ3) is 3.33. The fourth-order valence-corrected chi connectivity index (χ4v) is 2.40. The zero-order valence-electron chi connectivity index (χ0n) is 11.7. The van der Waals surface area contributed by atoms with Gasteiger partial charge >= 0.3 is 6.55 Å². The summed E-state index contributed by atoms with van der Waals surface area (Å²) in [6.45, 7) is 1.71. The lowest BCUT2D eigenvalue weighted by atomic mass is 10.1. The molecule has 1 aliphatic heterocycles. The second-order valence-corrected chi connectivity index (χ2v) is 4.99. The zero-order chi connectivity index (χ0) is 14.7. The van der Waals surface area contributed by atoms with Gasteiger partial charge in [0.25, 0.3) is 0 Å². The van der Waals surface area contributed by atoms with Crippen molar-refractivity contribution in [3.05, 3.63) is 17.0 Å². The monoisotopic (exact) mass is 287 g/mol. The molecule has 0 radical (unpaired) electrons. The largest absolute Gasteiger partial charge is 0.376 e. The van der Waals surface area contributed by atoms with Crippen molar-refractivity contribution < 1.29 is 18.3 Å². The van der Waals surface area contributed by atoms with Crippen molar-refractivity contribution in [1.82, 2.24) is 15.1 Å². The summed E-state index contributed by atoms with van der Waals surface area (Å²) >= 11 is 0. The Kier molecular flexibility index (Phi) is 4.69. The molecule has 2 heterocycles. The Balaban J connectivity index is 1.93. The van der Waals surface area contributed by atoms with Crippen LogP contribution < -0.4 is 5.32 Å². The topological polar surface area (TPSA) is 56.2 Å². The molecule has 2 rings (SSSR count). The third-order valence-corrected chi connectivity index (χ3v) is 3.55. The summed E-state index contributed by atoms with van der Waals surface area (Å²) in [5, 5.41) is 6.54. The van der Waals surface area contributed by atoms with E-state index in [9.17, 15) is 13.6 Å². The maximum Gasteiger partial charge on any atom is 0.333 e. The highest BCUT2D eigenvalue weighted by Gasteiger charge is 2.20. The first-order chi connectivity index (χ1) is 9.49. The summed E-state index contributed by atoms with van der Waals surface area (Å²) in [7, 11) is 0. The number of hydrogen-bond acceptors (Lipinski definition) is 3. The van der Waals surface area contributed by atoms with E-state index in [-0.39, 0.29) is 18.4 Å². The number of carbonyl (C=O) groups excluding carboxylic acids is 1. The van der Waals surface area contributed by atoms with Gasteiger partial charge in [-0.2, -0.15) is 13.9 Å². The Morgan fingerprint density at radius 3 is 2.85 bits per heavy atom. The number of aromatic nitrogens is 2. The molecule has 7 heteroatoms. The number of nitrogens with one attached hydrogen (secondary N) is 1. The summed E-state index contributed by atoms with van der Waals surface area (Å²) in [5.74, 6) is -0.194. The average molecular weight is 287 g/mol. The first-order valence-corrected chi connectivity index (χ1v) is 6.70. The van der Waals surface area contributed by atoms with Crippen molar-refractivity contribution in [2.24, 2.45) is 0 Å². The lowest BCUT2D eigenvalue weighted by Crippen LogP contribution is -2.33. The van der Waals surface area contributed by atoms with E-state index in [2.05, 4.69) is 10.4 Å². The third-order valence-electron chi connectivity index (χ3n) is 3.55. The number of aryl methyl sites for hydroxylation is 1. The van der Waals surface area contributed by atoms with Crippen LogP contribution in [-0.4, -0.2) is 34.9 Å². The van der Waals surface area contributed by atoms with E-state index in [1.165, 1.54) is 0 Å². The van der Waals surface area contributed by atoms with E-state index in [0.717, 1.165) is 19.4 Å². The summed E-state index contributed by atoms with van der Waals surface area (Å²) in [6, 6.07) is 0. The molecule has 0 spiro atoms. The molecule has 5 nitrogen and oxygen atoms in total. The van der Waals surface area contributed by atoms with Gasteiger partial charge in [0.05, 0.1) is 18.2 Å². The number of hydrogen-bond donors (Lipinski definition) is 1. The molecule has 1 N–H and O–H groups in total. The predicted octanol–water partition coefficient (Wildman–Crippen LogP) is 1.73. The van der Waals surface area contributed by atoms with Crippen LogP contribution in [0.3, 0.4) is 0 Å². The Hall–Kier alpha value is -1.50. The standard InChI is InChI=1S/C13H19F2N3O2/c1-8-11(9(2)18(17-8)13(14)15)6-12(19)16-7-10-4-3-5-20-10/h10,13H,3-7H2,1-2H3,(H,16,19). The molecule has 1 unspecified atom stereocenters. The molecule has 1 saturated heterocycles. The maximum absolute atomic E-state index is 12.7. The van der Waals surface area contributed by atoms with Crippen LogP contribution in [0.4, 0.5) is 8.78 Å². The molecule has 1 aromatic heterocycles. The fraction of sp³-hybridized carbons (Fsp3) is 0.692. The first-order valence-electron chi connectivity index (χ1n) is 6.70. The first kappa shape index (κ1) is 14.9. The number of ether oxygens (including phenoxy) is 1. The zero-order valence-corrected chi connectivity index (χ0v) is 11.7. The molecular weight excluding hydrogens is 268 g/mol. The van der Waals surface area contributed by atoms with Gasteiger partial charge in [0.1, 0.15) is 0 Å². The molecule has 1 aromatic rings. The van der Waals surface area contributed by atoms with Crippen LogP contribution >= 0.6 is 0 Å². The summed E-state index contributed by atoms with van der Waals surface area (Å²) in [4.78, 5) is 11.9. The van der Waals surface area contributed by atoms with Gasteiger partial charge in [-0.05, 0) is 26.7 Å². The Labute approximate surface area is 116 Å². The Morgan fingerprint density at radius 2 is 2.30 bits per heavy atom. The van der Waals surface area contributed by atoms with Crippen molar-refractivity contribution in [1.29, 1.82) is 0 Å². The van der Waals surface area contributed by atoms with Gasteiger partial charge < -0.3 is 10.1 Å². The van der Waals surface area contributed by atoms with Crippen LogP contribution in [0.15, 0.2) is 0 Å². The molecule has 20 heavy (non-hydrogen) atoms. The molecule has 0 saturated carbocycles. The summed E-state index contributed by atoms with van der Waals surface area (Å²) in [5.41, 5.74) is 1.37. The summed E-state index contributed by atoms with van der Waals surface area (Å²) < 4.78 is 31.4. The normalized spacial score (nSPS) is 18.8. The Bertz CT molecular complexity index is 482. The number of carbonyl (C=O) groups is 1. The van der Waals surface area contributed by atoms with E-state index in [0.29, 0.717) is 28.2 Å². The quantitative estimate of drug-likeness (QED) is 0.897. The van der Waals surface area contributed by atoms with Gasteiger partial charge in [-0.3, -0.25) is 4.79 Å². The molecule has 1 fully saturated rings. The smallest absolute Gasteiger partial charge is 0.333 e. The van der Waals surface area contributed by atoms with Crippen LogP contribution in [0.5, 0.6) is 0 Å². The molecular formula is C13H19F2N3O2. The van der Waals surface area contributed by atoms with E-state index in [1.54, 1.807) is 13.8 Å². The SMILES string of the molecule is Cc1nn(C(F)F)c(C)c1CC(=O)NCC1CCCO1. The van der Waals surface area contributed by atoms with Crippen molar-refractivity contribution >= 4 is 5.91 Å². The van der Waals surface area contributed by atoms with Crippen molar-refractivity contribution in [2.45, 2.75) is 45.8 Å². The van der Waals surface area contributed by atoms with Crippen LogP contribution in [0.25, 0.3) is 0 Å². The number of alkyl halides is 2. The van der Waals surface area contributed by atoms with Crippen molar-refractivity contribution in [3.8, 4) is 0 Å². The number of halogens is 2. The van der Waals surface area contributed by atoms with Crippen LogP contribution in [-0.2, 0) is 16.0 Å². The average Bonchev–Trinajstić information content (AvgIpc) is 2.99. The van der Waals surface area contributed by atoms with E-state index >= 15 is 0 Å². The molecule has 0 aliphatic carbocycles. The lowest BCUT2D eigenvalue weighted by molar-refractivity contribution is -0.121. The lowest BCUT2D eigenvalue weighted by Gasteiger charge is -2.11. The van der Waals surface area contributed by atoms with Crippen molar-refractivity contribution in [3.63, 3.8) is 0 Å². The predicted molar refractivity (Wildman–Crippen MR) is 68.6 cm³/mol. The Morgan fingerprint density at radius 1 is 1.55 bits per heavy atom. The van der Waals surface area contributed by atoms with Gasteiger partial charge in [0.15, 0.2) is 0 Å². The number of nitrogens with zero attached hydrogens (tertiary/aromatic N) is 2. The highest BCUT2D eigenvalue weighted by molar-refractivity contribution is 5.79. The van der Waals surface area contributed by atoms with Gasteiger partial charge in [0.2, 0.25) is 5.91 Å². The van der Waals surface area contributed by atoms with E-state index in [1.807, 2.05) is 0 Å². The molecule has 1 amide bonds. The number of rotatable bonds is 5. The van der Waals surface area contributed by atoms with Gasteiger partial charge in [-0.25, -0.2) is 4.68 Å². The molecule has 1 aliphatic rings. The second-order valence-electron chi connectivity index (χ2n) is 4.99. The molecule has 0 bridgehead atoms. The number of amides is 1. The van der Waals surface area contributed by atoms with Gasteiger partial charge in [-0.15, -0.1) is 0 Å². The summed E-state index contributed by atoms with van der Waals surface area (Å²) in [6.07, 6.45) is 2.10. The molecule has 0 aromatic carbocycles. The van der Waals surface area contributed by atoms with Gasteiger partial charge in [0, 0.05) is 24.4 Å².